The molecule has 2 rings (SSSR count). The van der Waals surface area contributed by atoms with Gasteiger partial charge in [0, 0.05) is 25.7 Å². The van der Waals surface area contributed by atoms with Gasteiger partial charge in [-0.3, -0.25) is 19.2 Å². The summed E-state index contributed by atoms with van der Waals surface area (Å²) < 4.78 is 19.6. The van der Waals surface area contributed by atoms with Crippen molar-refractivity contribution in [2.75, 3.05) is 13.2 Å². The average molecular weight is 372 g/mol. The number of esters is 4. The third-order valence-electron chi connectivity index (χ3n) is 4.84. The summed E-state index contributed by atoms with van der Waals surface area (Å²) in [6.07, 6.45) is 0.824. The van der Waals surface area contributed by atoms with Gasteiger partial charge in [0.25, 0.3) is 0 Å². The number of carbonyl (C=O) groups is 4. The van der Waals surface area contributed by atoms with Crippen molar-refractivity contribution < 1.29 is 38.1 Å². The maximum Gasteiger partial charge on any atom is 0.310 e. The summed E-state index contributed by atoms with van der Waals surface area (Å²) in [4.78, 5) is 42.3. The molecule has 8 heteroatoms. The Labute approximate surface area is 153 Å². The third kappa shape index (κ3) is 6.00. The van der Waals surface area contributed by atoms with Crippen LogP contribution in [0.25, 0.3) is 0 Å². The molecule has 26 heavy (non-hydrogen) atoms. The highest BCUT2D eigenvalue weighted by Gasteiger charge is 2.47. The molecule has 0 unspecified atom stereocenters. The van der Waals surface area contributed by atoms with E-state index in [1.807, 2.05) is 27.7 Å². The Hall–Kier alpha value is -2.12. The Morgan fingerprint density at radius 2 is 1.15 bits per heavy atom. The Kier molecular flexibility index (Phi) is 7.17. The van der Waals surface area contributed by atoms with Crippen LogP contribution < -0.4 is 0 Å². The SMILES string of the molecule is CC(=O)OC[C@@H](C)[C@@]1(C)CC(=O)O1.CC(=O)OC[C@@H](C)[C@]1(C)CC(=O)O1. The normalized spacial score (nSPS) is 28.7. The van der Waals surface area contributed by atoms with Crippen molar-refractivity contribution in [3.05, 3.63) is 0 Å². The number of carbonyl (C=O) groups excluding carboxylic acids is 4. The summed E-state index contributed by atoms with van der Waals surface area (Å²) in [6.45, 7) is 10.8. The van der Waals surface area contributed by atoms with Gasteiger partial charge in [-0.2, -0.15) is 0 Å². The zero-order chi connectivity index (χ0) is 20.1. The molecular weight excluding hydrogens is 344 g/mol. The van der Waals surface area contributed by atoms with Crippen LogP contribution in [-0.2, 0) is 38.1 Å². The summed E-state index contributed by atoms with van der Waals surface area (Å²) in [5.41, 5.74) is -0.876. The maximum absolute atomic E-state index is 10.6. The van der Waals surface area contributed by atoms with Crippen molar-refractivity contribution in [3.8, 4) is 0 Å². The molecule has 2 heterocycles. The van der Waals surface area contributed by atoms with Gasteiger partial charge in [0.2, 0.25) is 0 Å². The minimum Gasteiger partial charge on any atom is -0.465 e. The summed E-state index contributed by atoms with van der Waals surface area (Å²) in [5.74, 6) is -0.875. The molecule has 2 fully saturated rings. The zero-order valence-corrected chi connectivity index (χ0v) is 16.2. The average Bonchev–Trinajstić information content (AvgIpc) is 2.47. The molecule has 2 saturated heterocycles. The third-order valence-corrected chi connectivity index (χ3v) is 4.84. The summed E-state index contributed by atoms with van der Waals surface area (Å²) in [7, 11) is 0. The molecule has 0 aromatic rings. The molecule has 2 aliphatic heterocycles. The molecule has 0 N–H and O–H groups in total. The lowest BCUT2D eigenvalue weighted by molar-refractivity contribution is -0.202. The van der Waals surface area contributed by atoms with Gasteiger partial charge >= 0.3 is 23.9 Å². The second-order valence-electron chi connectivity index (χ2n) is 7.33. The highest BCUT2D eigenvalue weighted by molar-refractivity contribution is 5.77. The number of cyclic esters (lactones) is 2. The van der Waals surface area contributed by atoms with Crippen molar-refractivity contribution >= 4 is 23.9 Å². The van der Waals surface area contributed by atoms with Gasteiger partial charge < -0.3 is 18.9 Å². The van der Waals surface area contributed by atoms with E-state index in [0.717, 1.165) is 0 Å². The molecule has 2 aliphatic rings. The second-order valence-corrected chi connectivity index (χ2v) is 7.33. The van der Waals surface area contributed by atoms with E-state index in [2.05, 4.69) is 0 Å². The Bertz CT molecular complexity index is 502. The first-order valence-corrected chi connectivity index (χ1v) is 8.58. The predicted octanol–water partition coefficient (Wildman–Crippen LogP) is 1.78. The van der Waals surface area contributed by atoms with E-state index in [1.54, 1.807) is 0 Å². The fourth-order valence-electron chi connectivity index (χ4n) is 2.46. The molecule has 0 aromatic carbocycles. The van der Waals surface area contributed by atoms with E-state index in [1.165, 1.54) is 13.8 Å². The monoisotopic (exact) mass is 372 g/mol. The first-order chi connectivity index (χ1) is 11.9. The van der Waals surface area contributed by atoms with Crippen LogP contribution in [0.15, 0.2) is 0 Å². The van der Waals surface area contributed by atoms with Crippen LogP contribution in [0.4, 0.5) is 0 Å². The van der Waals surface area contributed by atoms with E-state index in [9.17, 15) is 19.2 Å². The first-order valence-electron chi connectivity index (χ1n) is 8.58. The molecule has 0 saturated carbocycles. The molecule has 0 spiro atoms. The van der Waals surface area contributed by atoms with Crippen LogP contribution in [0.5, 0.6) is 0 Å². The molecule has 0 radical (unpaired) electrons. The van der Waals surface area contributed by atoms with Gasteiger partial charge in [0.1, 0.15) is 11.2 Å². The lowest BCUT2D eigenvalue weighted by atomic mass is 9.84. The molecule has 8 nitrogen and oxygen atoms in total. The number of rotatable bonds is 6. The Balaban J connectivity index is 0.000000260. The Morgan fingerprint density at radius 1 is 0.885 bits per heavy atom. The van der Waals surface area contributed by atoms with Gasteiger partial charge in [0.05, 0.1) is 26.1 Å². The van der Waals surface area contributed by atoms with Crippen molar-refractivity contribution in [3.63, 3.8) is 0 Å². The predicted molar refractivity (Wildman–Crippen MR) is 89.8 cm³/mol. The van der Waals surface area contributed by atoms with E-state index >= 15 is 0 Å². The van der Waals surface area contributed by atoms with E-state index < -0.39 is 11.2 Å². The minimum atomic E-state index is -0.438. The van der Waals surface area contributed by atoms with Crippen molar-refractivity contribution in [2.45, 2.75) is 65.6 Å². The van der Waals surface area contributed by atoms with Crippen LogP contribution in [0.1, 0.15) is 54.4 Å². The highest BCUT2D eigenvalue weighted by atomic mass is 16.6. The Morgan fingerprint density at radius 3 is 1.35 bits per heavy atom. The fraction of sp³-hybridized carbons (Fsp3) is 0.778. The van der Waals surface area contributed by atoms with Crippen LogP contribution in [0.3, 0.4) is 0 Å². The number of hydrogen-bond donors (Lipinski definition) is 0. The minimum absolute atomic E-state index is 0.0501. The smallest absolute Gasteiger partial charge is 0.310 e. The van der Waals surface area contributed by atoms with Gasteiger partial charge in [-0.25, -0.2) is 0 Å². The van der Waals surface area contributed by atoms with Crippen LogP contribution in [0.2, 0.25) is 0 Å². The summed E-state index contributed by atoms with van der Waals surface area (Å²) in [5, 5.41) is 0. The van der Waals surface area contributed by atoms with Crippen LogP contribution >= 0.6 is 0 Å². The fourth-order valence-corrected chi connectivity index (χ4v) is 2.46. The standard InChI is InChI=1S/2C9H14O4/c2*1-6(5-12-7(2)10)9(3)4-8(11)13-9/h2*6H,4-5H2,1-3H3/t6-,9+;6-,9-/m11/s1. The second kappa shape index (κ2) is 8.51. The summed E-state index contributed by atoms with van der Waals surface area (Å²) in [6, 6.07) is 0. The molecular formula is C18H28O8. The van der Waals surface area contributed by atoms with E-state index in [-0.39, 0.29) is 35.7 Å². The lowest BCUT2D eigenvalue weighted by Gasteiger charge is -2.41. The maximum atomic E-state index is 10.6. The zero-order valence-electron chi connectivity index (χ0n) is 16.2. The molecule has 148 valence electrons. The number of hydrogen-bond acceptors (Lipinski definition) is 8. The molecule has 0 bridgehead atoms. The molecule has 0 amide bonds. The van der Waals surface area contributed by atoms with Gasteiger partial charge in [0.15, 0.2) is 0 Å². The van der Waals surface area contributed by atoms with E-state index in [4.69, 9.17) is 18.9 Å². The number of ether oxygens (including phenoxy) is 4. The van der Waals surface area contributed by atoms with Gasteiger partial charge in [-0.05, 0) is 13.8 Å². The largest absolute Gasteiger partial charge is 0.465 e. The topological polar surface area (TPSA) is 105 Å². The highest BCUT2D eigenvalue weighted by Crippen LogP contribution is 2.35. The first kappa shape index (κ1) is 21.9. The lowest BCUT2D eigenvalue weighted by Crippen LogP contribution is -2.51. The quantitative estimate of drug-likeness (QED) is 0.513. The van der Waals surface area contributed by atoms with E-state index in [0.29, 0.717) is 26.1 Å². The van der Waals surface area contributed by atoms with Gasteiger partial charge in [-0.1, -0.05) is 13.8 Å². The van der Waals surface area contributed by atoms with Crippen molar-refractivity contribution in [1.29, 1.82) is 0 Å². The summed E-state index contributed by atoms with van der Waals surface area (Å²) >= 11 is 0. The van der Waals surface area contributed by atoms with Gasteiger partial charge in [-0.15, -0.1) is 0 Å². The van der Waals surface area contributed by atoms with Crippen molar-refractivity contribution in [1.82, 2.24) is 0 Å². The van der Waals surface area contributed by atoms with Crippen LogP contribution in [0, 0.1) is 11.8 Å². The van der Waals surface area contributed by atoms with Crippen molar-refractivity contribution in [2.24, 2.45) is 11.8 Å². The van der Waals surface area contributed by atoms with Crippen LogP contribution in [-0.4, -0.2) is 48.3 Å². The molecule has 4 atom stereocenters. The molecule has 0 aromatic heterocycles. The molecule has 0 aliphatic carbocycles.